The van der Waals surface area contributed by atoms with E-state index in [0.717, 1.165) is 0 Å². The second kappa shape index (κ2) is 5.16. The molecule has 0 aliphatic rings. The Balaban J connectivity index is 2.91. The van der Waals surface area contributed by atoms with E-state index in [4.69, 9.17) is 4.74 Å². The summed E-state index contributed by atoms with van der Waals surface area (Å²) < 4.78 is 11.0. The van der Waals surface area contributed by atoms with Crippen molar-refractivity contribution < 1.29 is 19.1 Å². The maximum absolute atomic E-state index is 11.9. The molecule has 0 aromatic carbocycles. The van der Waals surface area contributed by atoms with E-state index in [1.54, 1.807) is 27.7 Å². The largest absolute Gasteiger partial charge is 0.464 e. The Kier molecular flexibility index (Phi) is 4.05. The number of esters is 2. The molecule has 100 valence electrons. The Morgan fingerprint density at radius 3 is 2.50 bits per heavy atom. The molecular formula is C11H17N3O4. The quantitative estimate of drug-likeness (QED) is 0.748. The molecular weight excluding hydrogens is 238 g/mol. The first kappa shape index (κ1) is 14.1. The van der Waals surface area contributed by atoms with E-state index in [2.05, 4.69) is 15.0 Å². The van der Waals surface area contributed by atoms with Crippen LogP contribution in [0.4, 0.5) is 0 Å². The van der Waals surface area contributed by atoms with E-state index in [1.807, 2.05) is 0 Å². The maximum Gasteiger partial charge on any atom is 0.358 e. The Morgan fingerprint density at radius 2 is 2.00 bits per heavy atom. The van der Waals surface area contributed by atoms with Crippen LogP contribution in [-0.4, -0.2) is 39.6 Å². The number of carbonyl (C=O) groups excluding carboxylic acids is 2. The summed E-state index contributed by atoms with van der Waals surface area (Å²) >= 11 is 0. The first-order chi connectivity index (χ1) is 8.26. The number of carbonyl (C=O) groups is 2. The highest BCUT2D eigenvalue weighted by molar-refractivity contribution is 5.87. The van der Waals surface area contributed by atoms with Gasteiger partial charge in [0.1, 0.15) is 11.6 Å². The summed E-state index contributed by atoms with van der Waals surface area (Å²) in [5, 5.41) is 7.30. The molecule has 7 nitrogen and oxygen atoms in total. The van der Waals surface area contributed by atoms with Crippen molar-refractivity contribution in [1.29, 1.82) is 0 Å². The van der Waals surface area contributed by atoms with E-state index in [-0.39, 0.29) is 5.69 Å². The summed E-state index contributed by atoms with van der Waals surface area (Å²) in [6.07, 6.45) is 1.24. The highest BCUT2D eigenvalue weighted by Crippen LogP contribution is 2.15. The van der Waals surface area contributed by atoms with Gasteiger partial charge in [0, 0.05) is 0 Å². The lowest BCUT2D eigenvalue weighted by atomic mass is 10.2. The van der Waals surface area contributed by atoms with E-state index < -0.39 is 23.6 Å². The van der Waals surface area contributed by atoms with Crippen LogP contribution in [0.3, 0.4) is 0 Å². The topological polar surface area (TPSA) is 83.3 Å². The standard InChI is InChI=1S/C11H17N3O4/c1-7(9(15)18-11(2,3)4)14-8(6-12-13-14)10(16)17-5/h6-7H,1-5H3/t7-/m1/s1. The van der Waals surface area contributed by atoms with Crippen LogP contribution in [0.15, 0.2) is 6.20 Å². The van der Waals surface area contributed by atoms with Crippen molar-refractivity contribution >= 4 is 11.9 Å². The minimum Gasteiger partial charge on any atom is -0.464 e. The summed E-state index contributed by atoms with van der Waals surface area (Å²) in [6, 6.07) is -0.749. The summed E-state index contributed by atoms with van der Waals surface area (Å²) in [4.78, 5) is 23.3. The Morgan fingerprint density at radius 1 is 1.39 bits per heavy atom. The van der Waals surface area contributed by atoms with Crippen molar-refractivity contribution in [2.45, 2.75) is 39.3 Å². The zero-order valence-electron chi connectivity index (χ0n) is 11.1. The molecule has 18 heavy (non-hydrogen) atoms. The summed E-state index contributed by atoms with van der Waals surface area (Å²) in [6.45, 7) is 6.87. The summed E-state index contributed by atoms with van der Waals surface area (Å²) in [7, 11) is 1.25. The molecule has 1 rings (SSSR count). The molecule has 1 atom stereocenters. The van der Waals surface area contributed by atoms with Gasteiger partial charge < -0.3 is 9.47 Å². The highest BCUT2D eigenvalue weighted by atomic mass is 16.6. The van der Waals surface area contributed by atoms with E-state index in [9.17, 15) is 9.59 Å². The first-order valence-electron chi connectivity index (χ1n) is 5.47. The zero-order valence-corrected chi connectivity index (χ0v) is 11.1. The number of hydrogen-bond acceptors (Lipinski definition) is 6. The van der Waals surface area contributed by atoms with Gasteiger partial charge in [-0.3, -0.25) is 0 Å². The van der Waals surface area contributed by atoms with Crippen LogP contribution in [0.5, 0.6) is 0 Å². The Hall–Kier alpha value is -1.92. The molecule has 0 saturated heterocycles. The van der Waals surface area contributed by atoms with E-state index >= 15 is 0 Å². The fourth-order valence-corrected chi connectivity index (χ4v) is 1.27. The van der Waals surface area contributed by atoms with Gasteiger partial charge in [-0.1, -0.05) is 5.21 Å². The van der Waals surface area contributed by atoms with Crippen molar-refractivity contribution in [3.63, 3.8) is 0 Å². The number of ether oxygens (including phenoxy) is 2. The number of methoxy groups -OCH3 is 1. The van der Waals surface area contributed by atoms with Gasteiger partial charge in [0.05, 0.1) is 13.3 Å². The molecule has 1 heterocycles. The van der Waals surface area contributed by atoms with Gasteiger partial charge in [-0.05, 0) is 27.7 Å². The Bertz CT molecular complexity index is 447. The van der Waals surface area contributed by atoms with Gasteiger partial charge in [0.2, 0.25) is 0 Å². The second-order valence-electron chi connectivity index (χ2n) is 4.76. The van der Waals surface area contributed by atoms with Gasteiger partial charge in [-0.2, -0.15) is 0 Å². The van der Waals surface area contributed by atoms with E-state index in [1.165, 1.54) is 18.0 Å². The lowest BCUT2D eigenvalue weighted by molar-refractivity contribution is -0.158. The van der Waals surface area contributed by atoms with Gasteiger partial charge >= 0.3 is 11.9 Å². The van der Waals surface area contributed by atoms with Crippen LogP contribution in [-0.2, 0) is 14.3 Å². The smallest absolute Gasteiger partial charge is 0.358 e. The minimum atomic E-state index is -0.749. The summed E-state index contributed by atoms with van der Waals surface area (Å²) in [5.74, 6) is -1.09. The van der Waals surface area contributed by atoms with Gasteiger partial charge in [-0.15, -0.1) is 5.10 Å². The Labute approximate surface area is 105 Å². The molecule has 7 heteroatoms. The molecule has 0 bridgehead atoms. The number of hydrogen-bond donors (Lipinski definition) is 0. The first-order valence-corrected chi connectivity index (χ1v) is 5.47. The van der Waals surface area contributed by atoms with Gasteiger partial charge in [0.15, 0.2) is 5.69 Å². The van der Waals surface area contributed by atoms with Crippen LogP contribution in [0.1, 0.15) is 44.2 Å². The fraction of sp³-hybridized carbons (Fsp3) is 0.636. The van der Waals surface area contributed by atoms with Crippen LogP contribution in [0, 0.1) is 0 Å². The molecule has 0 radical (unpaired) electrons. The van der Waals surface area contributed by atoms with Gasteiger partial charge in [0.25, 0.3) is 0 Å². The lowest BCUT2D eigenvalue weighted by Crippen LogP contribution is -2.30. The van der Waals surface area contributed by atoms with Crippen molar-refractivity contribution in [2.24, 2.45) is 0 Å². The van der Waals surface area contributed by atoms with E-state index in [0.29, 0.717) is 0 Å². The third kappa shape index (κ3) is 3.28. The normalized spacial score (nSPS) is 12.9. The fourth-order valence-electron chi connectivity index (χ4n) is 1.27. The average Bonchev–Trinajstić information content (AvgIpc) is 2.73. The van der Waals surface area contributed by atoms with Crippen LogP contribution in [0.25, 0.3) is 0 Å². The maximum atomic E-state index is 11.9. The molecule has 1 aromatic rings. The molecule has 0 aliphatic heterocycles. The highest BCUT2D eigenvalue weighted by Gasteiger charge is 2.27. The zero-order chi connectivity index (χ0) is 13.9. The molecule has 0 amide bonds. The molecule has 1 aromatic heterocycles. The van der Waals surface area contributed by atoms with Crippen molar-refractivity contribution in [3.8, 4) is 0 Å². The molecule has 0 spiro atoms. The van der Waals surface area contributed by atoms with Crippen LogP contribution < -0.4 is 0 Å². The lowest BCUT2D eigenvalue weighted by Gasteiger charge is -2.22. The predicted molar refractivity (Wildman–Crippen MR) is 61.9 cm³/mol. The minimum absolute atomic E-state index is 0.107. The van der Waals surface area contributed by atoms with Crippen molar-refractivity contribution in [1.82, 2.24) is 15.0 Å². The third-order valence-electron chi connectivity index (χ3n) is 2.08. The SMILES string of the molecule is COC(=O)c1cnnn1[C@H](C)C(=O)OC(C)(C)C. The third-order valence-corrected chi connectivity index (χ3v) is 2.08. The monoisotopic (exact) mass is 255 g/mol. The number of rotatable bonds is 3. The van der Waals surface area contributed by atoms with Crippen LogP contribution in [0.2, 0.25) is 0 Å². The van der Waals surface area contributed by atoms with Crippen molar-refractivity contribution in [3.05, 3.63) is 11.9 Å². The molecule has 0 saturated carbocycles. The predicted octanol–water partition coefficient (Wildman–Crippen LogP) is 0.967. The molecule has 0 fully saturated rings. The number of aromatic nitrogens is 3. The molecule has 0 aliphatic carbocycles. The summed E-state index contributed by atoms with van der Waals surface area (Å²) in [5.41, 5.74) is -0.493. The molecule has 0 unspecified atom stereocenters. The molecule has 0 N–H and O–H groups in total. The second-order valence-corrected chi connectivity index (χ2v) is 4.76. The number of nitrogens with zero attached hydrogens (tertiary/aromatic N) is 3. The van der Waals surface area contributed by atoms with Crippen molar-refractivity contribution in [2.75, 3.05) is 7.11 Å². The van der Waals surface area contributed by atoms with Crippen LogP contribution >= 0.6 is 0 Å². The average molecular weight is 255 g/mol. The van der Waals surface area contributed by atoms with Gasteiger partial charge in [-0.25, -0.2) is 14.3 Å².